The normalized spacial score (nSPS) is 23.2. The highest BCUT2D eigenvalue weighted by Crippen LogP contribution is 2.26. The second-order valence-corrected chi connectivity index (χ2v) is 12.0. The summed E-state index contributed by atoms with van der Waals surface area (Å²) in [6.07, 6.45) is 24.1. The van der Waals surface area contributed by atoms with E-state index in [1.165, 1.54) is 5.57 Å². The molecule has 1 aromatic carbocycles. The minimum Gasteiger partial charge on any atom is -0.497 e. The maximum absolute atomic E-state index is 10.8. The van der Waals surface area contributed by atoms with Crippen LogP contribution in [0.1, 0.15) is 64.4 Å². The lowest BCUT2D eigenvalue weighted by molar-refractivity contribution is -0.0420. The van der Waals surface area contributed by atoms with Crippen molar-refractivity contribution in [2.45, 2.75) is 102 Å². The fraction of sp³-hybridized carbons (Fsp3) is 0.526. The number of benzene rings is 1. The molecule has 1 aromatic rings. The molecular weight excluding hydrogens is 552 g/mol. The zero-order valence-electron chi connectivity index (χ0n) is 27.0. The lowest BCUT2D eigenvalue weighted by Gasteiger charge is -2.27. The summed E-state index contributed by atoms with van der Waals surface area (Å²) in [6.45, 7) is 9.65. The summed E-state index contributed by atoms with van der Waals surface area (Å²) >= 11 is 0. The number of methoxy groups -OCH3 is 2. The van der Waals surface area contributed by atoms with Crippen LogP contribution < -0.4 is 4.74 Å². The van der Waals surface area contributed by atoms with Crippen molar-refractivity contribution in [3.63, 3.8) is 0 Å². The van der Waals surface area contributed by atoms with Crippen molar-refractivity contribution in [2.75, 3.05) is 20.8 Å². The number of hydrogen-bond acceptors (Lipinski definition) is 6. The highest BCUT2D eigenvalue weighted by Gasteiger charge is 2.22. The van der Waals surface area contributed by atoms with Crippen LogP contribution in [0.2, 0.25) is 0 Å². The van der Waals surface area contributed by atoms with Gasteiger partial charge in [0.05, 0.1) is 50.8 Å². The van der Waals surface area contributed by atoms with Crippen LogP contribution in [0.5, 0.6) is 5.75 Å². The predicted molar refractivity (Wildman–Crippen MR) is 177 cm³/mol. The van der Waals surface area contributed by atoms with E-state index in [9.17, 15) is 5.11 Å². The average Bonchev–Trinajstić information content (AvgIpc) is 3.00. The first-order valence-electron chi connectivity index (χ1n) is 15.8. The van der Waals surface area contributed by atoms with Gasteiger partial charge in [-0.1, -0.05) is 79.3 Å². The van der Waals surface area contributed by atoms with Gasteiger partial charge in [-0.15, -0.1) is 12.3 Å². The summed E-state index contributed by atoms with van der Waals surface area (Å²) in [5.41, 5.74) is 3.40. The Morgan fingerprint density at radius 1 is 1.20 bits per heavy atom. The molecule has 6 heteroatoms. The Morgan fingerprint density at radius 2 is 2.00 bits per heavy atom. The van der Waals surface area contributed by atoms with Crippen LogP contribution in [0.3, 0.4) is 0 Å². The molecule has 7 unspecified atom stereocenters. The van der Waals surface area contributed by atoms with Crippen molar-refractivity contribution in [1.29, 1.82) is 0 Å². The van der Waals surface area contributed by atoms with Crippen molar-refractivity contribution >= 4 is 0 Å². The van der Waals surface area contributed by atoms with Gasteiger partial charge in [-0.25, -0.2) is 0 Å². The highest BCUT2D eigenvalue weighted by atomic mass is 16.5. The lowest BCUT2D eigenvalue weighted by atomic mass is 9.91. The number of rotatable bonds is 18. The van der Waals surface area contributed by atoms with Crippen LogP contribution >= 0.6 is 0 Å². The Morgan fingerprint density at radius 3 is 2.70 bits per heavy atom. The predicted octanol–water partition coefficient (Wildman–Crippen LogP) is 7.29. The van der Waals surface area contributed by atoms with Gasteiger partial charge in [0, 0.05) is 13.5 Å². The smallest absolute Gasteiger partial charge is 0.118 e. The molecule has 2 heterocycles. The average molecular weight is 605 g/mol. The standard InChI is InChI=1S/C38H52O6/c1-7-10-34-12-9-13-36(44-34)26-30(4)23-29(3)24-32(39)11-8-14-38(43-27-31-15-17-33(40-5)18-16-31)37(41-6)20-19-35-25-28(2)21-22-42-35/h1,8-9,11-12,15-21,30,32,34-39H,3,10,13-14,22-27H2,2,4-6H3. The Bertz CT molecular complexity index is 1160. The zero-order chi connectivity index (χ0) is 31.7. The molecular formula is C38H52O6. The number of terminal acetylenes is 1. The third kappa shape index (κ3) is 13.0. The van der Waals surface area contributed by atoms with E-state index in [0.29, 0.717) is 38.4 Å². The molecule has 0 aliphatic carbocycles. The van der Waals surface area contributed by atoms with E-state index in [-0.39, 0.29) is 30.5 Å². The quantitative estimate of drug-likeness (QED) is 0.140. The van der Waals surface area contributed by atoms with Crippen molar-refractivity contribution in [2.24, 2.45) is 5.92 Å². The minimum atomic E-state index is -0.618. The van der Waals surface area contributed by atoms with E-state index in [2.05, 4.69) is 50.7 Å². The molecule has 3 rings (SSSR count). The van der Waals surface area contributed by atoms with Gasteiger partial charge in [-0.05, 0) is 69.1 Å². The monoisotopic (exact) mass is 604 g/mol. The summed E-state index contributed by atoms with van der Waals surface area (Å²) in [5.74, 6) is 3.89. The van der Waals surface area contributed by atoms with Gasteiger partial charge in [-0.3, -0.25) is 0 Å². The number of ether oxygens (including phenoxy) is 5. The number of hydrogen-bond donors (Lipinski definition) is 1. The molecule has 2 aliphatic heterocycles. The van der Waals surface area contributed by atoms with E-state index >= 15 is 0 Å². The van der Waals surface area contributed by atoms with Gasteiger partial charge >= 0.3 is 0 Å². The fourth-order valence-electron chi connectivity index (χ4n) is 5.66. The first kappa shape index (κ1) is 35.6. The van der Waals surface area contributed by atoms with E-state index < -0.39 is 6.10 Å². The Hall–Kier alpha value is -2.92. The Kier molecular flexibility index (Phi) is 15.7. The molecule has 0 saturated carbocycles. The van der Waals surface area contributed by atoms with Gasteiger partial charge in [-0.2, -0.15) is 0 Å². The van der Waals surface area contributed by atoms with Crippen LogP contribution in [-0.4, -0.2) is 62.6 Å². The fourth-order valence-corrected chi connectivity index (χ4v) is 5.66. The van der Waals surface area contributed by atoms with E-state index in [4.69, 9.17) is 30.1 Å². The molecule has 1 N–H and O–H groups in total. The van der Waals surface area contributed by atoms with Crippen LogP contribution in [0.25, 0.3) is 0 Å². The molecule has 240 valence electrons. The minimum absolute atomic E-state index is 0.0141. The van der Waals surface area contributed by atoms with Gasteiger partial charge in [0.1, 0.15) is 11.9 Å². The van der Waals surface area contributed by atoms with E-state index in [0.717, 1.165) is 42.6 Å². The van der Waals surface area contributed by atoms with Crippen molar-refractivity contribution in [3.05, 3.63) is 90.1 Å². The summed E-state index contributed by atoms with van der Waals surface area (Å²) in [7, 11) is 3.35. The zero-order valence-corrected chi connectivity index (χ0v) is 27.0. The van der Waals surface area contributed by atoms with Gasteiger partial charge in [0.15, 0.2) is 0 Å². The van der Waals surface area contributed by atoms with Gasteiger partial charge in [0.25, 0.3) is 0 Å². The topological polar surface area (TPSA) is 66.4 Å². The Balaban J connectivity index is 1.53. The first-order valence-corrected chi connectivity index (χ1v) is 15.8. The molecule has 0 fully saturated rings. The van der Waals surface area contributed by atoms with Crippen LogP contribution in [0.4, 0.5) is 0 Å². The van der Waals surface area contributed by atoms with Crippen molar-refractivity contribution < 1.29 is 28.8 Å². The summed E-state index contributed by atoms with van der Waals surface area (Å²) in [5, 5.41) is 10.8. The summed E-state index contributed by atoms with van der Waals surface area (Å²) < 4.78 is 29.5. The second-order valence-electron chi connectivity index (χ2n) is 12.0. The van der Waals surface area contributed by atoms with Crippen LogP contribution in [0, 0.1) is 18.3 Å². The van der Waals surface area contributed by atoms with E-state index in [1.807, 2.05) is 42.5 Å². The second kappa shape index (κ2) is 19.5. The SMILES string of the molecule is C#CCC1C=CCC(CC(C)CC(=C)CC(O)C=CCC(OCc2ccc(OC)cc2)C(C=CC2CC(C)=CCO2)OC)O1. The number of aliphatic hydroxyl groups is 1. The molecule has 6 nitrogen and oxygen atoms in total. The lowest BCUT2D eigenvalue weighted by Crippen LogP contribution is -2.29. The van der Waals surface area contributed by atoms with Crippen LogP contribution in [0.15, 0.2) is 84.5 Å². The van der Waals surface area contributed by atoms with Gasteiger partial charge in [0.2, 0.25) is 0 Å². The summed E-state index contributed by atoms with van der Waals surface area (Å²) in [6, 6.07) is 7.85. The molecule has 0 radical (unpaired) electrons. The Labute approximate surface area is 265 Å². The first-order chi connectivity index (χ1) is 21.3. The van der Waals surface area contributed by atoms with Crippen molar-refractivity contribution in [1.82, 2.24) is 0 Å². The van der Waals surface area contributed by atoms with E-state index in [1.54, 1.807) is 14.2 Å². The van der Waals surface area contributed by atoms with Crippen LogP contribution in [-0.2, 0) is 25.6 Å². The van der Waals surface area contributed by atoms with Crippen molar-refractivity contribution in [3.8, 4) is 18.1 Å². The molecule has 0 spiro atoms. The van der Waals surface area contributed by atoms with Gasteiger partial charge < -0.3 is 28.8 Å². The molecule has 44 heavy (non-hydrogen) atoms. The largest absolute Gasteiger partial charge is 0.497 e. The maximum atomic E-state index is 10.8. The third-order valence-electron chi connectivity index (χ3n) is 8.01. The summed E-state index contributed by atoms with van der Waals surface area (Å²) in [4.78, 5) is 0. The number of aliphatic hydroxyl groups excluding tert-OH is 1. The molecule has 0 saturated heterocycles. The molecule has 2 aliphatic rings. The maximum Gasteiger partial charge on any atom is 0.118 e. The molecule has 7 atom stereocenters. The molecule has 0 aromatic heterocycles. The third-order valence-corrected chi connectivity index (χ3v) is 8.01. The molecule has 0 amide bonds. The molecule has 0 bridgehead atoms. The highest BCUT2D eigenvalue weighted by molar-refractivity contribution is 5.26.